The van der Waals surface area contributed by atoms with E-state index in [0.717, 1.165) is 4.90 Å². The van der Waals surface area contributed by atoms with Gasteiger partial charge >= 0.3 is 6.09 Å². The number of benzene rings is 1. The van der Waals surface area contributed by atoms with Crippen molar-refractivity contribution in [1.29, 1.82) is 0 Å². The fourth-order valence-corrected chi connectivity index (χ4v) is 3.06. The standard InChI is InChI=1S/C17H20F3NO4/c1-17(2,3)21(16(23)24)14-6-9(22)4-5-25-15(14)10-7-12(19)13(20)8-11(10)18/h7-8,14-15H,4-6H2,1-3H3,(H,23,24)/t14-,15+/m0/s1. The first-order chi connectivity index (χ1) is 11.5. The van der Waals surface area contributed by atoms with E-state index in [1.165, 1.54) is 0 Å². The molecule has 2 rings (SSSR count). The SMILES string of the molecule is CC(C)(C)N(C(=O)O)[C@H]1CC(=O)CCO[C@@H]1c1cc(F)c(F)cc1F. The highest BCUT2D eigenvalue weighted by atomic mass is 19.2. The van der Waals surface area contributed by atoms with Gasteiger partial charge in [0.2, 0.25) is 0 Å². The molecule has 2 atom stereocenters. The van der Waals surface area contributed by atoms with Crippen LogP contribution in [0.5, 0.6) is 0 Å². The monoisotopic (exact) mass is 359 g/mol. The number of hydrogen-bond donors (Lipinski definition) is 1. The van der Waals surface area contributed by atoms with Crippen LogP contribution in [0.15, 0.2) is 12.1 Å². The molecule has 0 bridgehead atoms. The van der Waals surface area contributed by atoms with Gasteiger partial charge in [-0.25, -0.2) is 18.0 Å². The van der Waals surface area contributed by atoms with Gasteiger partial charge in [0.25, 0.3) is 0 Å². The van der Waals surface area contributed by atoms with Crippen molar-refractivity contribution in [2.45, 2.75) is 51.3 Å². The number of carbonyl (C=O) groups is 2. The quantitative estimate of drug-likeness (QED) is 0.818. The molecule has 8 heteroatoms. The molecule has 1 aliphatic heterocycles. The highest BCUT2D eigenvalue weighted by Crippen LogP contribution is 2.36. The number of carbonyl (C=O) groups excluding carboxylic acids is 1. The number of carboxylic acid groups (broad SMARTS) is 1. The minimum absolute atomic E-state index is 0.0376. The van der Waals surface area contributed by atoms with E-state index in [1.807, 2.05) is 0 Å². The van der Waals surface area contributed by atoms with E-state index in [4.69, 9.17) is 4.74 Å². The molecule has 0 saturated carbocycles. The summed E-state index contributed by atoms with van der Waals surface area (Å²) in [5.41, 5.74) is -1.23. The summed E-state index contributed by atoms with van der Waals surface area (Å²) in [6.45, 7) is 4.80. The lowest BCUT2D eigenvalue weighted by Gasteiger charge is -2.42. The zero-order valence-electron chi connectivity index (χ0n) is 14.2. The molecular weight excluding hydrogens is 339 g/mol. The van der Waals surface area contributed by atoms with Crippen molar-refractivity contribution in [2.75, 3.05) is 6.61 Å². The number of nitrogens with zero attached hydrogens (tertiary/aromatic N) is 1. The van der Waals surface area contributed by atoms with Crippen LogP contribution in [0.4, 0.5) is 18.0 Å². The molecule has 0 aromatic heterocycles. The Morgan fingerprint density at radius 1 is 1.20 bits per heavy atom. The van der Waals surface area contributed by atoms with Gasteiger partial charge < -0.3 is 9.84 Å². The zero-order valence-corrected chi connectivity index (χ0v) is 14.2. The number of Topliss-reactive ketones (excluding diaryl/α,β-unsaturated/α-hetero) is 1. The maximum absolute atomic E-state index is 14.2. The van der Waals surface area contributed by atoms with E-state index < -0.39 is 41.2 Å². The third-order valence-corrected chi connectivity index (χ3v) is 4.07. The Hall–Kier alpha value is -2.09. The number of hydrogen-bond acceptors (Lipinski definition) is 3. The highest BCUT2D eigenvalue weighted by molar-refractivity contribution is 5.80. The van der Waals surface area contributed by atoms with Gasteiger partial charge in [-0.2, -0.15) is 0 Å². The molecular formula is C17H20F3NO4. The average Bonchev–Trinajstić information content (AvgIpc) is 2.63. The summed E-state index contributed by atoms with van der Waals surface area (Å²) in [4.78, 5) is 24.8. The van der Waals surface area contributed by atoms with Gasteiger partial charge in [0.1, 0.15) is 17.7 Å². The summed E-state index contributed by atoms with van der Waals surface area (Å²) in [5, 5.41) is 9.60. The lowest BCUT2D eigenvalue weighted by Crippen LogP contribution is -2.54. The molecule has 25 heavy (non-hydrogen) atoms. The van der Waals surface area contributed by atoms with Crippen LogP contribution in [0, 0.1) is 17.5 Å². The number of halogens is 3. The lowest BCUT2D eigenvalue weighted by atomic mass is 9.92. The first-order valence-electron chi connectivity index (χ1n) is 7.82. The van der Waals surface area contributed by atoms with Gasteiger partial charge in [0, 0.05) is 30.0 Å². The second-order valence-electron chi connectivity index (χ2n) is 6.96. The predicted octanol–water partition coefficient (Wildman–Crippen LogP) is 3.67. The summed E-state index contributed by atoms with van der Waals surface area (Å²) in [7, 11) is 0. The largest absolute Gasteiger partial charge is 0.465 e. The molecule has 5 nitrogen and oxygen atoms in total. The van der Waals surface area contributed by atoms with Crippen LogP contribution in [0.2, 0.25) is 0 Å². The Kier molecular flexibility index (Phi) is 5.41. The molecule has 0 spiro atoms. The van der Waals surface area contributed by atoms with Crippen molar-refractivity contribution in [3.05, 3.63) is 35.1 Å². The third kappa shape index (κ3) is 4.12. The van der Waals surface area contributed by atoms with Crippen molar-refractivity contribution < 1.29 is 32.6 Å². The molecule has 1 fully saturated rings. The summed E-state index contributed by atoms with van der Waals surface area (Å²) in [6, 6.07) is -0.0206. The topological polar surface area (TPSA) is 66.8 Å². The van der Waals surface area contributed by atoms with Gasteiger partial charge in [-0.05, 0) is 26.8 Å². The van der Waals surface area contributed by atoms with E-state index in [-0.39, 0.29) is 30.8 Å². The number of ketones is 1. The van der Waals surface area contributed by atoms with Crippen LogP contribution < -0.4 is 0 Å². The first kappa shape index (κ1) is 19.2. The molecule has 1 aliphatic rings. The zero-order chi connectivity index (χ0) is 18.9. The Morgan fingerprint density at radius 2 is 1.80 bits per heavy atom. The maximum atomic E-state index is 14.2. The predicted molar refractivity (Wildman–Crippen MR) is 82.7 cm³/mol. The van der Waals surface area contributed by atoms with Crippen LogP contribution >= 0.6 is 0 Å². The van der Waals surface area contributed by atoms with Gasteiger partial charge in [-0.1, -0.05) is 0 Å². The van der Waals surface area contributed by atoms with Gasteiger partial charge in [0.05, 0.1) is 12.6 Å². The Balaban J connectivity index is 2.57. The maximum Gasteiger partial charge on any atom is 0.408 e. The Labute approximate surface area is 143 Å². The van der Waals surface area contributed by atoms with Crippen LogP contribution in [0.25, 0.3) is 0 Å². The minimum Gasteiger partial charge on any atom is -0.465 e. The Bertz CT molecular complexity index is 687. The first-order valence-corrected chi connectivity index (χ1v) is 7.82. The van der Waals surface area contributed by atoms with Crippen molar-refractivity contribution in [1.82, 2.24) is 4.90 Å². The second-order valence-corrected chi connectivity index (χ2v) is 6.96. The molecule has 0 unspecified atom stereocenters. The molecule has 1 aromatic carbocycles. The van der Waals surface area contributed by atoms with Crippen LogP contribution in [0.3, 0.4) is 0 Å². The molecule has 1 saturated heterocycles. The second kappa shape index (κ2) is 7.03. The molecule has 1 N–H and O–H groups in total. The molecule has 1 heterocycles. The summed E-state index contributed by atoms with van der Waals surface area (Å²) < 4.78 is 46.6. The third-order valence-electron chi connectivity index (χ3n) is 4.07. The smallest absolute Gasteiger partial charge is 0.408 e. The summed E-state index contributed by atoms with van der Waals surface area (Å²) >= 11 is 0. The average molecular weight is 359 g/mol. The number of rotatable bonds is 2. The molecule has 0 aliphatic carbocycles. The lowest BCUT2D eigenvalue weighted by molar-refractivity contribution is -0.119. The van der Waals surface area contributed by atoms with Crippen molar-refractivity contribution in [2.24, 2.45) is 0 Å². The molecule has 138 valence electrons. The van der Waals surface area contributed by atoms with Crippen LogP contribution in [-0.4, -0.2) is 40.1 Å². The van der Waals surface area contributed by atoms with E-state index in [2.05, 4.69) is 0 Å². The normalized spacial score (nSPS) is 21.8. The molecule has 1 amide bonds. The molecule has 0 radical (unpaired) electrons. The van der Waals surface area contributed by atoms with E-state index in [0.29, 0.717) is 12.1 Å². The summed E-state index contributed by atoms with van der Waals surface area (Å²) in [6.07, 6.45) is -2.71. The van der Waals surface area contributed by atoms with Gasteiger partial charge in [-0.15, -0.1) is 0 Å². The fraction of sp³-hybridized carbons (Fsp3) is 0.529. The summed E-state index contributed by atoms with van der Waals surface area (Å²) in [5.74, 6) is -3.92. The van der Waals surface area contributed by atoms with Crippen LogP contribution in [0.1, 0.15) is 45.3 Å². The van der Waals surface area contributed by atoms with E-state index >= 15 is 0 Å². The number of amides is 1. The number of ether oxygens (including phenoxy) is 1. The van der Waals surface area contributed by atoms with Gasteiger partial charge in [0.15, 0.2) is 11.6 Å². The van der Waals surface area contributed by atoms with Crippen molar-refractivity contribution in [3.8, 4) is 0 Å². The van der Waals surface area contributed by atoms with Gasteiger partial charge in [-0.3, -0.25) is 9.69 Å². The minimum atomic E-state index is -1.35. The van der Waals surface area contributed by atoms with Crippen molar-refractivity contribution in [3.63, 3.8) is 0 Å². The Morgan fingerprint density at radius 3 is 2.36 bits per heavy atom. The van der Waals surface area contributed by atoms with E-state index in [1.54, 1.807) is 20.8 Å². The van der Waals surface area contributed by atoms with Crippen molar-refractivity contribution >= 4 is 11.9 Å². The van der Waals surface area contributed by atoms with Crippen LogP contribution in [-0.2, 0) is 9.53 Å². The van der Waals surface area contributed by atoms with E-state index in [9.17, 15) is 27.9 Å². The highest BCUT2D eigenvalue weighted by Gasteiger charge is 2.42. The molecule has 1 aromatic rings. The fourth-order valence-electron chi connectivity index (χ4n) is 3.06.